The van der Waals surface area contributed by atoms with Gasteiger partial charge < -0.3 is 14.6 Å². The number of esters is 1. The number of carbonyl (C=O) groups excluding carboxylic acids is 1. The maximum Gasteiger partial charge on any atom is 0.322 e. The van der Waals surface area contributed by atoms with Crippen LogP contribution in [-0.2, 0) is 14.3 Å². The smallest absolute Gasteiger partial charge is 0.322 e. The van der Waals surface area contributed by atoms with Crippen molar-refractivity contribution in [2.45, 2.75) is 54.1 Å². The van der Waals surface area contributed by atoms with E-state index < -0.39 is 6.79 Å². The van der Waals surface area contributed by atoms with E-state index in [1.807, 2.05) is 53.4 Å². The van der Waals surface area contributed by atoms with Crippen LogP contribution in [0.1, 0.15) is 48.5 Å². The fourth-order valence-corrected chi connectivity index (χ4v) is 0.747. The van der Waals surface area contributed by atoms with Gasteiger partial charge in [-0.25, -0.2) is 0 Å². The summed E-state index contributed by atoms with van der Waals surface area (Å²) < 4.78 is 9.29. The summed E-state index contributed by atoms with van der Waals surface area (Å²) in [6.45, 7) is 15.4. The van der Waals surface area contributed by atoms with Crippen LogP contribution in [0, 0.1) is 0 Å². The molecule has 0 radical (unpaired) electrons. The molecule has 0 saturated heterocycles. The molecule has 0 aromatic carbocycles. The quantitative estimate of drug-likeness (QED) is 0.618. The number of methoxy groups -OCH3 is 1. The second-order valence-corrected chi connectivity index (χ2v) is 4.42. The highest BCUT2D eigenvalue weighted by molar-refractivity contribution is 5.71. The number of hydrogen-bond acceptors (Lipinski definition) is 5. The van der Waals surface area contributed by atoms with E-state index in [1.165, 1.54) is 0 Å². The number of rotatable bonds is 5. The molecule has 0 aliphatic heterocycles. The lowest BCUT2D eigenvalue weighted by atomic mass is 10.2. The Morgan fingerprint density at radius 1 is 1.16 bits per heavy atom. The van der Waals surface area contributed by atoms with Crippen LogP contribution < -0.4 is 0 Å². The average molecular weight is 279 g/mol. The number of carbonyl (C=O) groups is 1. The van der Waals surface area contributed by atoms with Crippen LogP contribution in [-0.4, -0.2) is 55.1 Å². The van der Waals surface area contributed by atoms with Gasteiger partial charge in [-0.1, -0.05) is 27.7 Å². The number of aliphatic hydroxyl groups excluding tert-OH is 1. The second-order valence-electron chi connectivity index (χ2n) is 4.42. The lowest BCUT2D eigenvalue weighted by Crippen LogP contribution is -2.30. The average Bonchev–Trinajstić information content (AvgIpc) is 2.38. The third-order valence-electron chi connectivity index (χ3n) is 2.09. The van der Waals surface area contributed by atoms with Crippen LogP contribution in [0.25, 0.3) is 0 Å². The summed E-state index contributed by atoms with van der Waals surface area (Å²) in [7, 11) is 1.71. The van der Waals surface area contributed by atoms with Gasteiger partial charge in [-0.3, -0.25) is 9.69 Å². The highest BCUT2D eigenvalue weighted by Gasteiger charge is 2.06. The normalized spacial score (nSPS) is 10.0. The lowest BCUT2D eigenvalue weighted by Gasteiger charge is -2.15. The number of aliphatic hydroxyl groups is 1. The molecule has 0 unspecified atom stereocenters. The second kappa shape index (κ2) is 15.4. The Balaban J connectivity index is -0.000000271. The van der Waals surface area contributed by atoms with Crippen LogP contribution in [0.4, 0.5) is 0 Å². The van der Waals surface area contributed by atoms with Gasteiger partial charge in [-0.15, -0.1) is 0 Å². The van der Waals surface area contributed by atoms with Crippen molar-refractivity contribution in [2.75, 3.05) is 33.5 Å². The molecule has 0 rings (SSSR count). The molecule has 5 heteroatoms. The molecule has 0 aromatic rings. The Morgan fingerprint density at radius 3 is 1.74 bits per heavy atom. The molecule has 0 aliphatic carbocycles. The molecule has 0 saturated carbocycles. The molecule has 0 fully saturated rings. The molecule has 118 valence electrons. The minimum absolute atomic E-state index is 0.0417. The van der Waals surface area contributed by atoms with Gasteiger partial charge in [0.25, 0.3) is 0 Å². The molecule has 0 aromatic heterocycles. The first-order valence-electron chi connectivity index (χ1n) is 6.84. The molecule has 0 bridgehead atoms. The minimum atomic E-state index is -0.528. The zero-order valence-electron chi connectivity index (χ0n) is 13.9. The fraction of sp³-hybridized carbons (Fsp3) is 0.929. The molecule has 19 heavy (non-hydrogen) atoms. The standard InChI is InChI=1S/C7H15NO3.C5H12O.C2H6/c1-3-8(4-2)5-7(10)11-6-9;1-5(2,3)6-4;1-2/h9H,3-6H2,1-2H3;1-4H3;1-2H3. The summed E-state index contributed by atoms with van der Waals surface area (Å²) in [6.07, 6.45) is 0. The maximum atomic E-state index is 10.7. The highest BCUT2D eigenvalue weighted by Crippen LogP contribution is 2.02. The number of ether oxygens (including phenoxy) is 2. The van der Waals surface area contributed by atoms with Crippen molar-refractivity contribution in [3.8, 4) is 0 Å². The Bertz CT molecular complexity index is 186. The first kappa shape index (κ1) is 23.4. The topological polar surface area (TPSA) is 59.0 Å². The van der Waals surface area contributed by atoms with Crippen LogP contribution >= 0.6 is 0 Å². The van der Waals surface area contributed by atoms with Crippen molar-refractivity contribution in [1.82, 2.24) is 4.90 Å². The molecule has 0 heterocycles. The van der Waals surface area contributed by atoms with Gasteiger partial charge >= 0.3 is 5.97 Å². The number of nitrogens with zero attached hydrogens (tertiary/aromatic N) is 1. The summed E-state index contributed by atoms with van der Waals surface area (Å²) in [5, 5.41) is 8.23. The van der Waals surface area contributed by atoms with Crippen molar-refractivity contribution in [3.63, 3.8) is 0 Å². The predicted octanol–water partition coefficient (Wildman–Crippen LogP) is 2.28. The van der Waals surface area contributed by atoms with E-state index in [9.17, 15) is 4.79 Å². The Hall–Kier alpha value is -0.650. The van der Waals surface area contributed by atoms with E-state index in [-0.39, 0.29) is 18.1 Å². The van der Waals surface area contributed by atoms with E-state index in [0.717, 1.165) is 13.1 Å². The number of likely N-dealkylation sites (N-methyl/N-ethyl adjacent to an activating group) is 1. The fourth-order valence-electron chi connectivity index (χ4n) is 0.747. The summed E-state index contributed by atoms with van der Waals surface area (Å²) in [5.41, 5.74) is 0.0417. The molecule has 5 nitrogen and oxygen atoms in total. The molecule has 0 amide bonds. The summed E-state index contributed by atoms with van der Waals surface area (Å²) in [4.78, 5) is 12.7. The molecule has 0 aliphatic rings. The highest BCUT2D eigenvalue weighted by atomic mass is 16.6. The van der Waals surface area contributed by atoms with Gasteiger partial charge in [0.15, 0.2) is 6.79 Å². The monoisotopic (exact) mass is 279 g/mol. The zero-order valence-corrected chi connectivity index (χ0v) is 13.9. The molecular weight excluding hydrogens is 246 g/mol. The Labute approximate surface area is 118 Å². The maximum absolute atomic E-state index is 10.7. The van der Waals surface area contributed by atoms with Gasteiger partial charge in [-0.2, -0.15) is 0 Å². The zero-order chi connectivity index (χ0) is 15.9. The van der Waals surface area contributed by atoms with E-state index >= 15 is 0 Å². The molecular formula is C14H33NO4. The predicted molar refractivity (Wildman–Crippen MR) is 79.1 cm³/mol. The third kappa shape index (κ3) is 22.9. The van der Waals surface area contributed by atoms with Gasteiger partial charge in [0.1, 0.15) is 0 Å². The van der Waals surface area contributed by atoms with E-state index in [0.29, 0.717) is 0 Å². The first-order valence-corrected chi connectivity index (χ1v) is 6.84. The lowest BCUT2D eigenvalue weighted by molar-refractivity contribution is -0.152. The van der Waals surface area contributed by atoms with Crippen LogP contribution in [0.3, 0.4) is 0 Å². The SMILES string of the molecule is CC.CCN(CC)CC(=O)OCO.COC(C)(C)C. The van der Waals surface area contributed by atoms with Crippen molar-refractivity contribution < 1.29 is 19.4 Å². The van der Waals surface area contributed by atoms with Crippen LogP contribution in [0.5, 0.6) is 0 Å². The van der Waals surface area contributed by atoms with Gasteiger partial charge in [0.2, 0.25) is 0 Å². The third-order valence-corrected chi connectivity index (χ3v) is 2.09. The van der Waals surface area contributed by atoms with Gasteiger partial charge in [0, 0.05) is 7.11 Å². The van der Waals surface area contributed by atoms with Crippen LogP contribution in [0.2, 0.25) is 0 Å². The minimum Gasteiger partial charge on any atom is -0.438 e. The molecule has 1 N–H and O–H groups in total. The van der Waals surface area contributed by atoms with E-state index in [2.05, 4.69) is 4.74 Å². The molecule has 0 spiro atoms. The molecule has 0 atom stereocenters. The van der Waals surface area contributed by atoms with Crippen molar-refractivity contribution >= 4 is 5.97 Å². The Morgan fingerprint density at radius 2 is 1.53 bits per heavy atom. The Kier molecular flexibility index (Phi) is 19.0. The largest absolute Gasteiger partial charge is 0.438 e. The van der Waals surface area contributed by atoms with Gasteiger partial charge in [0.05, 0.1) is 12.1 Å². The van der Waals surface area contributed by atoms with Crippen molar-refractivity contribution in [2.24, 2.45) is 0 Å². The van der Waals surface area contributed by atoms with Crippen LogP contribution in [0.15, 0.2) is 0 Å². The summed E-state index contributed by atoms with van der Waals surface area (Å²) >= 11 is 0. The number of hydrogen-bond donors (Lipinski definition) is 1. The van der Waals surface area contributed by atoms with Crippen molar-refractivity contribution in [1.29, 1.82) is 0 Å². The first-order chi connectivity index (χ1) is 8.80. The van der Waals surface area contributed by atoms with Gasteiger partial charge in [-0.05, 0) is 33.9 Å². The summed E-state index contributed by atoms with van der Waals surface area (Å²) in [5.74, 6) is -0.379. The van der Waals surface area contributed by atoms with E-state index in [4.69, 9.17) is 9.84 Å². The summed E-state index contributed by atoms with van der Waals surface area (Å²) in [6, 6.07) is 0. The van der Waals surface area contributed by atoms with E-state index in [1.54, 1.807) is 7.11 Å². The van der Waals surface area contributed by atoms with Crippen molar-refractivity contribution in [3.05, 3.63) is 0 Å².